The molecule has 4 atom stereocenters. The molecule has 0 radical (unpaired) electrons. The van der Waals surface area contributed by atoms with Crippen LogP contribution >= 0.6 is 0 Å². The summed E-state index contributed by atoms with van der Waals surface area (Å²) in [6.45, 7) is 6.87. The SMILES string of the molecule is CC(=O)NN1C[C@@]2(C)[C@@H]3CC[C@]2(C)[C@]1(C#N)C3. The first kappa shape index (κ1) is 11.0. The number of nitriles is 1. The maximum Gasteiger partial charge on any atom is 0.231 e. The molecule has 17 heavy (non-hydrogen) atoms. The number of hydrazine groups is 1. The summed E-state index contributed by atoms with van der Waals surface area (Å²) in [5.74, 6) is 0.576. The van der Waals surface area contributed by atoms with E-state index in [1.54, 1.807) is 0 Å². The Bertz CT molecular complexity index is 442. The number of carbonyl (C=O) groups is 1. The number of rotatable bonds is 1. The number of hydrogen-bond donors (Lipinski definition) is 1. The molecule has 1 aliphatic heterocycles. The van der Waals surface area contributed by atoms with Gasteiger partial charge in [0, 0.05) is 18.9 Å². The normalized spacial score (nSPS) is 51.5. The number of hydrogen-bond acceptors (Lipinski definition) is 3. The van der Waals surface area contributed by atoms with Gasteiger partial charge in [-0.05, 0) is 30.6 Å². The van der Waals surface area contributed by atoms with Gasteiger partial charge in [-0.1, -0.05) is 13.8 Å². The van der Waals surface area contributed by atoms with Crippen molar-refractivity contribution in [3.8, 4) is 6.07 Å². The summed E-state index contributed by atoms with van der Waals surface area (Å²) >= 11 is 0. The van der Waals surface area contributed by atoms with Gasteiger partial charge in [0.05, 0.1) is 6.07 Å². The Morgan fingerprint density at radius 3 is 2.76 bits per heavy atom. The Morgan fingerprint density at radius 1 is 1.53 bits per heavy atom. The molecule has 4 heteroatoms. The lowest BCUT2D eigenvalue weighted by molar-refractivity contribution is -0.127. The highest BCUT2D eigenvalue weighted by atomic mass is 16.2. The smallest absolute Gasteiger partial charge is 0.231 e. The molecule has 0 aromatic carbocycles. The minimum atomic E-state index is -0.476. The molecule has 1 amide bonds. The van der Waals surface area contributed by atoms with Gasteiger partial charge >= 0.3 is 0 Å². The van der Waals surface area contributed by atoms with Crippen molar-refractivity contribution in [2.75, 3.05) is 6.54 Å². The van der Waals surface area contributed by atoms with Crippen molar-refractivity contribution in [3.05, 3.63) is 0 Å². The molecule has 0 aromatic heterocycles. The lowest BCUT2D eigenvalue weighted by Crippen LogP contribution is -2.58. The number of carbonyl (C=O) groups excluding carboxylic acids is 1. The molecule has 92 valence electrons. The predicted octanol–water partition coefficient (Wildman–Crippen LogP) is 1.44. The Labute approximate surface area is 102 Å². The standard InChI is InChI=1S/C13H19N3O/c1-9(17)15-16-8-11(2)10-4-5-12(11,3)13(16,6-10)7-14/h10H,4-6,8H2,1-3H3,(H,15,17)/t10-,11+,12+,13-/m1/s1. The summed E-state index contributed by atoms with van der Waals surface area (Å²) in [6.07, 6.45) is 3.26. The molecule has 0 unspecified atom stereocenters. The van der Waals surface area contributed by atoms with Gasteiger partial charge < -0.3 is 0 Å². The van der Waals surface area contributed by atoms with Gasteiger partial charge in [-0.25, -0.2) is 0 Å². The zero-order valence-corrected chi connectivity index (χ0v) is 10.7. The van der Waals surface area contributed by atoms with Crippen LogP contribution in [0.2, 0.25) is 0 Å². The minimum absolute atomic E-state index is 0.0296. The monoisotopic (exact) mass is 233 g/mol. The molecule has 0 spiro atoms. The molecule has 1 saturated heterocycles. The molecule has 2 aliphatic carbocycles. The van der Waals surface area contributed by atoms with Crippen molar-refractivity contribution >= 4 is 5.91 Å². The van der Waals surface area contributed by atoms with E-state index in [1.165, 1.54) is 13.3 Å². The summed E-state index contributed by atoms with van der Waals surface area (Å²) < 4.78 is 0. The second kappa shape index (κ2) is 2.84. The van der Waals surface area contributed by atoms with E-state index in [9.17, 15) is 10.1 Å². The van der Waals surface area contributed by atoms with Crippen LogP contribution < -0.4 is 5.43 Å². The summed E-state index contributed by atoms with van der Waals surface area (Å²) in [5, 5.41) is 11.6. The van der Waals surface area contributed by atoms with Gasteiger partial charge in [0.2, 0.25) is 5.91 Å². The predicted molar refractivity (Wildman–Crippen MR) is 62.4 cm³/mol. The number of piperidine rings is 1. The van der Waals surface area contributed by atoms with E-state index in [1.807, 2.05) is 5.01 Å². The molecular formula is C13H19N3O. The Balaban J connectivity index is 2.07. The molecule has 3 fully saturated rings. The fraction of sp³-hybridized carbons (Fsp3) is 0.846. The van der Waals surface area contributed by atoms with Gasteiger partial charge in [-0.2, -0.15) is 10.3 Å². The highest BCUT2D eigenvalue weighted by molar-refractivity contribution is 5.72. The van der Waals surface area contributed by atoms with E-state index in [2.05, 4.69) is 25.3 Å². The molecule has 1 heterocycles. The Morgan fingerprint density at radius 2 is 2.24 bits per heavy atom. The lowest BCUT2D eigenvalue weighted by atomic mass is 9.66. The first-order valence-electron chi connectivity index (χ1n) is 6.36. The molecule has 3 rings (SSSR count). The molecule has 4 bridgehead atoms. The van der Waals surface area contributed by atoms with Gasteiger partial charge in [0.15, 0.2) is 0 Å². The average molecular weight is 233 g/mol. The van der Waals surface area contributed by atoms with E-state index >= 15 is 0 Å². The maximum atomic E-state index is 11.3. The van der Waals surface area contributed by atoms with Crippen molar-refractivity contribution in [2.45, 2.75) is 45.6 Å². The van der Waals surface area contributed by atoms with E-state index < -0.39 is 5.54 Å². The van der Waals surface area contributed by atoms with Crippen LogP contribution in [0.25, 0.3) is 0 Å². The van der Waals surface area contributed by atoms with Crippen LogP contribution in [0, 0.1) is 28.1 Å². The molecule has 3 aliphatic rings. The highest BCUT2D eigenvalue weighted by Crippen LogP contribution is 2.75. The topological polar surface area (TPSA) is 56.1 Å². The molecule has 0 aromatic rings. The quantitative estimate of drug-likeness (QED) is 0.745. The van der Waals surface area contributed by atoms with Crippen LogP contribution in [0.4, 0.5) is 0 Å². The lowest BCUT2D eigenvalue weighted by Gasteiger charge is -2.42. The first-order chi connectivity index (χ1) is 7.89. The van der Waals surface area contributed by atoms with E-state index in [4.69, 9.17) is 0 Å². The summed E-state index contributed by atoms with van der Waals surface area (Å²) in [5.41, 5.74) is 2.61. The van der Waals surface area contributed by atoms with Crippen LogP contribution in [0.3, 0.4) is 0 Å². The second-order valence-electron chi connectivity index (χ2n) is 6.42. The molecule has 1 N–H and O–H groups in total. The number of nitrogens with one attached hydrogen (secondary N) is 1. The van der Waals surface area contributed by atoms with Crippen LogP contribution in [0.1, 0.15) is 40.0 Å². The Hall–Kier alpha value is -1.08. The second-order valence-corrected chi connectivity index (χ2v) is 6.42. The van der Waals surface area contributed by atoms with E-state index in [0.717, 1.165) is 19.4 Å². The average Bonchev–Trinajstić information content (AvgIpc) is 2.68. The summed E-state index contributed by atoms with van der Waals surface area (Å²) in [6, 6.07) is 2.53. The summed E-state index contributed by atoms with van der Waals surface area (Å²) in [7, 11) is 0. The third-order valence-corrected chi connectivity index (χ3v) is 6.03. The van der Waals surface area contributed by atoms with E-state index in [-0.39, 0.29) is 16.7 Å². The maximum absolute atomic E-state index is 11.3. The van der Waals surface area contributed by atoms with E-state index in [0.29, 0.717) is 5.92 Å². The zero-order valence-electron chi connectivity index (χ0n) is 10.7. The molecular weight excluding hydrogens is 214 g/mol. The van der Waals surface area contributed by atoms with Gasteiger partial charge in [0.25, 0.3) is 0 Å². The number of amides is 1. The Kier molecular flexibility index (Phi) is 1.84. The minimum Gasteiger partial charge on any atom is -0.288 e. The van der Waals surface area contributed by atoms with Crippen molar-refractivity contribution in [2.24, 2.45) is 16.7 Å². The first-order valence-corrected chi connectivity index (χ1v) is 6.36. The largest absolute Gasteiger partial charge is 0.288 e. The zero-order chi connectivity index (χ0) is 12.5. The van der Waals surface area contributed by atoms with Crippen molar-refractivity contribution in [1.82, 2.24) is 10.4 Å². The van der Waals surface area contributed by atoms with Crippen molar-refractivity contribution in [3.63, 3.8) is 0 Å². The van der Waals surface area contributed by atoms with Crippen molar-refractivity contribution in [1.29, 1.82) is 5.26 Å². The fourth-order valence-electron chi connectivity index (χ4n) is 4.84. The third-order valence-electron chi connectivity index (χ3n) is 6.03. The summed E-state index contributed by atoms with van der Waals surface area (Å²) in [4.78, 5) is 11.3. The molecule has 2 saturated carbocycles. The number of nitrogens with zero attached hydrogens (tertiary/aromatic N) is 2. The van der Waals surface area contributed by atoms with Crippen LogP contribution in [0.5, 0.6) is 0 Å². The van der Waals surface area contributed by atoms with Crippen LogP contribution in [-0.4, -0.2) is 23.0 Å². The third kappa shape index (κ3) is 0.924. The van der Waals surface area contributed by atoms with Crippen molar-refractivity contribution < 1.29 is 4.79 Å². The van der Waals surface area contributed by atoms with Gasteiger partial charge in [0.1, 0.15) is 5.54 Å². The van der Waals surface area contributed by atoms with Crippen LogP contribution in [0.15, 0.2) is 0 Å². The van der Waals surface area contributed by atoms with Gasteiger partial charge in [-0.15, -0.1) is 0 Å². The van der Waals surface area contributed by atoms with Gasteiger partial charge in [-0.3, -0.25) is 10.2 Å². The fourth-order valence-corrected chi connectivity index (χ4v) is 4.84. The molecule has 4 nitrogen and oxygen atoms in total. The van der Waals surface area contributed by atoms with Crippen LogP contribution in [-0.2, 0) is 4.79 Å². The highest BCUT2D eigenvalue weighted by Gasteiger charge is 2.78.